The minimum atomic E-state index is -1.83. The molecule has 0 radical (unpaired) electrons. The average molecular weight is 509 g/mol. The molecule has 1 N–H and O–H groups in total. The van der Waals surface area contributed by atoms with Crippen molar-refractivity contribution in [2.45, 2.75) is 77.9 Å². The van der Waals surface area contributed by atoms with Gasteiger partial charge in [-0.25, -0.2) is 0 Å². The minimum absolute atomic E-state index is 0.126. The van der Waals surface area contributed by atoms with Crippen LogP contribution in [0.5, 0.6) is 17.2 Å². The molecule has 1 aliphatic heterocycles. The Labute approximate surface area is 216 Å². The number of aromatic amines is 1. The fraction of sp³-hybridized carbons (Fsp3) is 0.483. The zero-order chi connectivity index (χ0) is 26.1. The summed E-state index contributed by atoms with van der Waals surface area (Å²) in [6.45, 7) is 14.6. The predicted octanol–water partition coefficient (Wildman–Crippen LogP) is 7.26. The van der Waals surface area contributed by atoms with E-state index in [-0.39, 0.29) is 11.1 Å². The third-order valence-electron chi connectivity index (χ3n) is 7.53. The molecule has 194 valence electrons. The number of hydrogen-bond donors (Lipinski definition) is 1. The van der Waals surface area contributed by atoms with Crippen LogP contribution in [0.25, 0.3) is 10.9 Å². The van der Waals surface area contributed by atoms with Crippen molar-refractivity contribution in [3.63, 3.8) is 0 Å². The number of nitrogens with zero attached hydrogens (tertiary/aromatic N) is 1. The molecule has 0 aliphatic carbocycles. The molecular formula is C29H40N2O4Si. The van der Waals surface area contributed by atoms with Gasteiger partial charge in [0.25, 0.3) is 0 Å². The first-order valence-electron chi connectivity index (χ1n) is 12.7. The lowest BCUT2D eigenvalue weighted by Gasteiger charge is -2.36. The number of H-pyrrole nitrogens is 1. The lowest BCUT2D eigenvalue weighted by Crippen LogP contribution is -2.40. The smallest absolute Gasteiger partial charge is 0.192 e. The highest BCUT2D eigenvalue weighted by Gasteiger charge is 2.37. The van der Waals surface area contributed by atoms with Gasteiger partial charge in [0, 0.05) is 45.6 Å². The monoisotopic (exact) mass is 508 g/mol. The second-order valence-electron chi connectivity index (χ2n) is 11.2. The molecule has 1 atom stereocenters. The lowest BCUT2D eigenvalue weighted by molar-refractivity contribution is 0.217. The molecule has 7 heteroatoms. The van der Waals surface area contributed by atoms with E-state index in [2.05, 4.69) is 64.0 Å². The average Bonchev–Trinajstić information content (AvgIpc) is 3.16. The molecule has 0 saturated carbocycles. The standard InChI is InChI=1S/C29H40N2O4Si/c1-19-9-12-25(30-17-20-10-11-23(32-5)15-27(20)33-6)24-14-21-13-22(31-26(21)16-28(24)35-19)18-34-36(7,8)29(2,3)4/h10-11,13-16,19,31H,9,12,17-18H2,1-8H3. The number of nitrogens with one attached hydrogen (secondary N) is 1. The fourth-order valence-corrected chi connectivity index (χ4v) is 5.12. The molecule has 1 aliphatic rings. The van der Waals surface area contributed by atoms with E-state index in [4.69, 9.17) is 23.6 Å². The van der Waals surface area contributed by atoms with Gasteiger partial charge in [-0.3, -0.25) is 4.99 Å². The normalized spacial score (nSPS) is 17.6. The topological polar surface area (TPSA) is 65.1 Å². The van der Waals surface area contributed by atoms with Crippen LogP contribution in [-0.2, 0) is 17.6 Å². The van der Waals surface area contributed by atoms with E-state index in [1.54, 1.807) is 14.2 Å². The van der Waals surface area contributed by atoms with Crippen molar-refractivity contribution < 1.29 is 18.6 Å². The molecule has 0 saturated heterocycles. The summed E-state index contributed by atoms with van der Waals surface area (Å²) in [7, 11) is 1.51. The Morgan fingerprint density at radius 3 is 2.56 bits per heavy atom. The Hall–Kier alpha value is -2.77. The molecule has 0 fully saturated rings. The molecular weight excluding hydrogens is 468 g/mol. The zero-order valence-electron chi connectivity index (χ0n) is 23.0. The van der Waals surface area contributed by atoms with Crippen LogP contribution >= 0.6 is 0 Å². The number of methoxy groups -OCH3 is 2. The third-order valence-corrected chi connectivity index (χ3v) is 12.0. The summed E-state index contributed by atoms with van der Waals surface area (Å²) in [6.07, 6.45) is 1.91. The summed E-state index contributed by atoms with van der Waals surface area (Å²) < 4.78 is 23.7. The maximum Gasteiger partial charge on any atom is 0.192 e. The molecule has 1 unspecified atom stereocenters. The van der Waals surface area contributed by atoms with E-state index >= 15 is 0 Å². The van der Waals surface area contributed by atoms with Crippen molar-refractivity contribution in [2.75, 3.05) is 14.2 Å². The number of benzene rings is 2. The largest absolute Gasteiger partial charge is 0.497 e. The van der Waals surface area contributed by atoms with Crippen molar-refractivity contribution in [3.8, 4) is 17.2 Å². The van der Waals surface area contributed by atoms with E-state index in [0.29, 0.717) is 13.2 Å². The minimum Gasteiger partial charge on any atom is -0.497 e. The second kappa shape index (κ2) is 10.3. The first-order chi connectivity index (χ1) is 17.0. The molecule has 2 heterocycles. The van der Waals surface area contributed by atoms with Gasteiger partial charge in [-0.1, -0.05) is 20.8 Å². The summed E-state index contributed by atoms with van der Waals surface area (Å²) in [5.41, 5.74) is 5.31. The molecule has 0 spiro atoms. The van der Waals surface area contributed by atoms with Gasteiger partial charge in [-0.15, -0.1) is 0 Å². The van der Waals surface area contributed by atoms with E-state index in [9.17, 15) is 0 Å². The van der Waals surface area contributed by atoms with Crippen LogP contribution in [0.3, 0.4) is 0 Å². The molecule has 6 nitrogen and oxygen atoms in total. The Balaban J connectivity index is 1.64. The highest BCUT2D eigenvalue weighted by molar-refractivity contribution is 6.74. The van der Waals surface area contributed by atoms with E-state index in [0.717, 1.165) is 63.5 Å². The van der Waals surface area contributed by atoms with Gasteiger partial charge in [0.1, 0.15) is 17.2 Å². The summed E-state index contributed by atoms with van der Waals surface area (Å²) in [5, 5.41) is 1.33. The molecule has 0 amide bonds. The fourth-order valence-electron chi connectivity index (χ4n) is 4.17. The number of hydrogen-bond acceptors (Lipinski definition) is 5. The molecule has 2 aromatic carbocycles. The quantitative estimate of drug-likeness (QED) is 0.341. The van der Waals surface area contributed by atoms with Crippen LogP contribution in [0.15, 0.2) is 41.4 Å². The van der Waals surface area contributed by atoms with Gasteiger partial charge < -0.3 is 23.6 Å². The van der Waals surface area contributed by atoms with Crippen LogP contribution in [0.1, 0.15) is 57.4 Å². The van der Waals surface area contributed by atoms with Gasteiger partial charge in [-0.05, 0) is 62.2 Å². The van der Waals surface area contributed by atoms with Crippen molar-refractivity contribution in [3.05, 3.63) is 53.2 Å². The van der Waals surface area contributed by atoms with E-state index < -0.39 is 8.32 Å². The molecule has 1 aromatic heterocycles. The van der Waals surface area contributed by atoms with Crippen molar-refractivity contribution in [1.82, 2.24) is 4.98 Å². The summed E-state index contributed by atoms with van der Waals surface area (Å²) in [4.78, 5) is 8.60. The lowest BCUT2D eigenvalue weighted by atomic mass is 10.0. The van der Waals surface area contributed by atoms with Crippen LogP contribution in [0.4, 0.5) is 0 Å². The molecule has 36 heavy (non-hydrogen) atoms. The third kappa shape index (κ3) is 5.62. The number of aromatic nitrogens is 1. The number of ether oxygens (including phenoxy) is 3. The van der Waals surface area contributed by atoms with Gasteiger partial charge in [0.15, 0.2) is 8.32 Å². The summed E-state index contributed by atoms with van der Waals surface area (Å²) >= 11 is 0. The Bertz CT molecular complexity index is 1260. The van der Waals surface area contributed by atoms with Crippen LogP contribution in [0, 0.1) is 0 Å². The predicted molar refractivity (Wildman–Crippen MR) is 149 cm³/mol. The second-order valence-corrected chi connectivity index (χ2v) is 16.0. The van der Waals surface area contributed by atoms with Gasteiger partial charge in [0.05, 0.1) is 33.5 Å². The maximum atomic E-state index is 6.45. The first kappa shape index (κ1) is 26.3. The Kier molecular flexibility index (Phi) is 7.53. The first-order valence-corrected chi connectivity index (χ1v) is 15.6. The maximum absolute atomic E-state index is 6.45. The number of fused-ring (bicyclic) bond motifs is 2. The Morgan fingerprint density at radius 1 is 1.08 bits per heavy atom. The molecule has 4 rings (SSSR count). The highest BCUT2D eigenvalue weighted by atomic mass is 28.4. The Morgan fingerprint density at radius 2 is 1.86 bits per heavy atom. The van der Waals surface area contributed by atoms with Crippen LogP contribution < -0.4 is 14.2 Å². The molecule has 0 bridgehead atoms. The van der Waals surface area contributed by atoms with Crippen LogP contribution in [-0.4, -0.2) is 39.3 Å². The SMILES string of the molecule is COc1ccc(CN=C2CCC(C)Oc3cc4[nH]c(CO[Si](C)(C)C(C)(C)C)cc4cc32)c(OC)c1. The van der Waals surface area contributed by atoms with E-state index in [1.807, 2.05) is 18.2 Å². The van der Waals surface area contributed by atoms with Crippen molar-refractivity contribution in [2.24, 2.45) is 4.99 Å². The van der Waals surface area contributed by atoms with Gasteiger partial charge in [0.2, 0.25) is 0 Å². The van der Waals surface area contributed by atoms with E-state index in [1.165, 1.54) is 0 Å². The number of rotatable bonds is 7. The zero-order valence-corrected chi connectivity index (χ0v) is 24.0. The highest BCUT2D eigenvalue weighted by Crippen LogP contribution is 2.38. The molecule has 3 aromatic rings. The number of aliphatic imine (C=N–C) groups is 1. The van der Waals surface area contributed by atoms with Crippen molar-refractivity contribution in [1.29, 1.82) is 0 Å². The van der Waals surface area contributed by atoms with Crippen LogP contribution in [0.2, 0.25) is 18.1 Å². The summed E-state index contributed by atoms with van der Waals surface area (Å²) in [6, 6.07) is 12.4. The van der Waals surface area contributed by atoms with Gasteiger partial charge >= 0.3 is 0 Å². The summed E-state index contributed by atoms with van der Waals surface area (Å²) in [5.74, 6) is 2.43. The van der Waals surface area contributed by atoms with Crippen molar-refractivity contribution >= 4 is 24.9 Å². The van der Waals surface area contributed by atoms with Gasteiger partial charge in [-0.2, -0.15) is 0 Å².